The maximum atomic E-state index is 5.65. The van der Waals surface area contributed by atoms with Crippen LogP contribution in [-0.2, 0) is 4.74 Å². The van der Waals surface area contributed by atoms with Crippen molar-refractivity contribution < 1.29 is 4.74 Å². The van der Waals surface area contributed by atoms with Gasteiger partial charge in [-0.3, -0.25) is 0 Å². The second-order valence-electron chi connectivity index (χ2n) is 6.16. The molecule has 0 spiro atoms. The van der Waals surface area contributed by atoms with Gasteiger partial charge in [-0.25, -0.2) is 0 Å². The van der Waals surface area contributed by atoms with Crippen molar-refractivity contribution >= 4 is 0 Å². The molecule has 1 N–H and O–H groups in total. The van der Waals surface area contributed by atoms with Gasteiger partial charge in [-0.05, 0) is 44.1 Å². The van der Waals surface area contributed by atoms with Crippen LogP contribution in [0.4, 0.5) is 0 Å². The van der Waals surface area contributed by atoms with Gasteiger partial charge in [-0.15, -0.1) is 0 Å². The van der Waals surface area contributed by atoms with E-state index in [0.717, 1.165) is 19.2 Å². The average molecular weight is 225 g/mol. The summed E-state index contributed by atoms with van der Waals surface area (Å²) >= 11 is 0. The first-order valence-electron chi connectivity index (χ1n) is 7.03. The van der Waals surface area contributed by atoms with Gasteiger partial charge in [-0.2, -0.15) is 0 Å². The SMILES string of the molecule is CC1(C)CCCCC1NCCC1CCCO1. The lowest BCUT2D eigenvalue weighted by Gasteiger charge is -2.39. The van der Waals surface area contributed by atoms with Gasteiger partial charge in [-0.1, -0.05) is 26.7 Å². The van der Waals surface area contributed by atoms with Crippen molar-refractivity contribution in [2.45, 2.75) is 70.9 Å². The molecular weight excluding hydrogens is 198 g/mol. The summed E-state index contributed by atoms with van der Waals surface area (Å²) in [5, 5.41) is 3.76. The van der Waals surface area contributed by atoms with E-state index in [9.17, 15) is 0 Å². The summed E-state index contributed by atoms with van der Waals surface area (Å²) in [6.07, 6.45) is 9.84. The maximum absolute atomic E-state index is 5.65. The molecule has 1 aliphatic heterocycles. The zero-order valence-corrected chi connectivity index (χ0v) is 10.9. The molecule has 2 rings (SSSR count). The van der Waals surface area contributed by atoms with Crippen LogP contribution in [0.5, 0.6) is 0 Å². The molecular formula is C14H27NO. The van der Waals surface area contributed by atoms with E-state index in [2.05, 4.69) is 19.2 Å². The zero-order valence-electron chi connectivity index (χ0n) is 10.9. The van der Waals surface area contributed by atoms with E-state index in [1.807, 2.05) is 0 Å². The third-order valence-electron chi connectivity index (χ3n) is 4.39. The third kappa shape index (κ3) is 3.21. The molecule has 1 aliphatic carbocycles. The molecule has 2 nitrogen and oxygen atoms in total. The fourth-order valence-corrected chi connectivity index (χ4v) is 3.16. The predicted octanol–water partition coefficient (Wildman–Crippen LogP) is 3.11. The molecule has 2 atom stereocenters. The fourth-order valence-electron chi connectivity index (χ4n) is 3.16. The van der Waals surface area contributed by atoms with Gasteiger partial charge in [0.05, 0.1) is 6.10 Å². The Morgan fingerprint density at radius 2 is 2.06 bits per heavy atom. The van der Waals surface area contributed by atoms with E-state index in [-0.39, 0.29) is 0 Å². The van der Waals surface area contributed by atoms with Crippen LogP contribution in [0.15, 0.2) is 0 Å². The second-order valence-corrected chi connectivity index (χ2v) is 6.16. The number of nitrogens with one attached hydrogen (secondary N) is 1. The van der Waals surface area contributed by atoms with Gasteiger partial charge in [0.2, 0.25) is 0 Å². The molecule has 0 aromatic carbocycles. The summed E-state index contributed by atoms with van der Waals surface area (Å²) < 4.78 is 5.65. The number of rotatable bonds is 4. The Labute approximate surface area is 100 Å². The zero-order chi connectivity index (χ0) is 11.4. The highest BCUT2D eigenvalue weighted by atomic mass is 16.5. The first-order chi connectivity index (χ1) is 7.68. The van der Waals surface area contributed by atoms with Gasteiger partial charge in [0, 0.05) is 12.6 Å². The van der Waals surface area contributed by atoms with Crippen LogP contribution in [0.2, 0.25) is 0 Å². The molecule has 2 aliphatic rings. The number of hydrogen-bond acceptors (Lipinski definition) is 2. The minimum atomic E-state index is 0.495. The minimum Gasteiger partial charge on any atom is -0.378 e. The molecule has 2 fully saturated rings. The summed E-state index contributed by atoms with van der Waals surface area (Å²) in [6.45, 7) is 6.95. The molecule has 2 unspecified atom stereocenters. The Morgan fingerprint density at radius 3 is 2.75 bits per heavy atom. The summed E-state index contributed by atoms with van der Waals surface area (Å²) in [5.74, 6) is 0. The van der Waals surface area contributed by atoms with Crippen molar-refractivity contribution in [3.05, 3.63) is 0 Å². The molecule has 94 valence electrons. The highest BCUT2D eigenvalue weighted by Crippen LogP contribution is 2.35. The molecule has 16 heavy (non-hydrogen) atoms. The normalized spacial score (nSPS) is 34.1. The van der Waals surface area contributed by atoms with Gasteiger partial charge < -0.3 is 10.1 Å². The fraction of sp³-hybridized carbons (Fsp3) is 1.00. The lowest BCUT2D eigenvalue weighted by molar-refractivity contribution is 0.0981. The van der Waals surface area contributed by atoms with E-state index in [1.54, 1.807) is 0 Å². The largest absolute Gasteiger partial charge is 0.378 e. The van der Waals surface area contributed by atoms with Gasteiger partial charge >= 0.3 is 0 Å². The van der Waals surface area contributed by atoms with Crippen molar-refractivity contribution in [3.63, 3.8) is 0 Å². The lowest BCUT2D eigenvalue weighted by Crippen LogP contribution is -2.44. The standard InChI is InChI=1S/C14H27NO/c1-14(2)9-4-3-7-13(14)15-10-8-12-6-5-11-16-12/h12-13,15H,3-11H2,1-2H3. The molecule has 1 heterocycles. The van der Waals surface area contributed by atoms with E-state index >= 15 is 0 Å². The lowest BCUT2D eigenvalue weighted by atomic mass is 9.73. The van der Waals surface area contributed by atoms with E-state index < -0.39 is 0 Å². The topological polar surface area (TPSA) is 21.3 Å². The van der Waals surface area contributed by atoms with Crippen LogP contribution in [0.1, 0.15) is 58.8 Å². The quantitative estimate of drug-likeness (QED) is 0.794. The van der Waals surface area contributed by atoms with E-state index in [0.29, 0.717) is 11.5 Å². The maximum Gasteiger partial charge on any atom is 0.0588 e. The van der Waals surface area contributed by atoms with Crippen molar-refractivity contribution in [2.24, 2.45) is 5.41 Å². The van der Waals surface area contributed by atoms with Gasteiger partial charge in [0.25, 0.3) is 0 Å². The minimum absolute atomic E-state index is 0.495. The molecule has 0 bridgehead atoms. The first kappa shape index (κ1) is 12.4. The van der Waals surface area contributed by atoms with Crippen LogP contribution in [0.3, 0.4) is 0 Å². The second kappa shape index (κ2) is 5.50. The van der Waals surface area contributed by atoms with Crippen LogP contribution in [-0.4, -0.2) is 25.3 Å². The Bertz CT molecular complexity index is 209. The average Bonchev–Trinajstić information content (AvgIpc) is 2.73. The molecule has 0 radical (unpaired) electrons. The molecule has 1 saturated heterocycles. The highest BCUT2D eigenvalue weighted by Gasteiger charge is 2.31. The Hall–Kier alpha value is -0.0800. The van der Waals surface area contributed by atoms with Crippen molar-refractivity contribution in [1.82, 2.24) is 5.32 Å². The summed E-state index contributed by atoms with van der Waals surface area (Å²) in [5.41, 5.74) is 0.495. The molecule has 0 aromatic rings. The van der Waals surface area contributed by atoms with Crippen LogP contribution in [0, 0.1) is 5.41 Å². The van der Waals surface area contributed by atoms with Crippen molar-refractivity contribution in [2.75, 3.05) is 13.2 Å². The van der Waals surface area contributed by atoms with Crippen molar-refractivity contribution in [3.8, 4) is 0 Å². The number of hydrogen-bond donors (Lipinski definition) is 1. The van der Waals surface area contributed by atoms with Crippen LogP contribution in [0.25, 0.3) is 0 Å². The van der Waals surface area contributed by atoms with Gasteiger partial charge in [0.1, 0.15) is 0 Å². The molecule has 2 heteroatoms. The van der Waals surface area contributed by atoms with Crippen molar-refractivity contribution in [1.29, 1.82) is 0 Å². The van der Waals surface area contributed by atoms with E-state index in [1.165, 1.54) is 44.9 Å². The molecule has 0 amide bonds. The summed E-state index contributed by atoms with van der Waals surface area (Å²) in [4.78, 5) is 0. The van der Waals surface area contributed by atoms with Crippen LogP contribution < -0.4 is 5.32 Å². The first-order valence-corrected chi connectivity index (χ1v) is 7.03. The van der Waals surface area contributed by atoms with Gasteiger partial charge in [0.15, 0.2) is 0 Å². The smallest absolute Gasteiger partial charge is 0.0588 e. The predicted molar refractivity (Wildman–Crippen MR) is 67.6 cm³/mol. The Balaban J connectivity index is 1.67. The monoisotopic (exact) mass is 225 g/mol. The highest BCUT2D eigenvalue weighted by molar-refractivity contribution is 4.87. The summed E-state index contributed by atoms with van der Waals surface area (Å²) in [7, 11) is 0. The Morgan fingerprint density at radius 1 is 1.19 bits per heavy atom. The van der Waals surface area contributed by atoms with Crippen LogP contribution >= 0.6 is 0 Å². The molecule has 0 aromatic heterocycles. The third-order valence-corrected chi connectivity index (χ3v) is 4.39. The number of ether oxygens (including phenoxy) is 1. The molecule has 1 saturated carbocycles. The summed E-state index contributed by atoms with van der Waals surface area (Å²) in [6, 6.07) is 0.725. The van der Waals surface area contributed by atoms with E-state index in [4.69, 9.17) is 4.74 Å². The Kier molecular flexibility index (Phi) is 4.26.